The van der Waals surface area contributed by atoms with Gasteiger partial charge in [0, 0.05) is 28.8 Å². The van der Waals surface area contributed by atoms with Crippen LogP contribution in [0.2, 0.25) is 0 Å². The van der Waals surface area contributed by atoms with Crippen LogP contribution in [0.25, 0.3) is 0 Å². The van der Waals surface area contributed by atoms with Gasteiger partial charge in [0.15, 0.2) is 0 Å². The highest BCUT2D eigenvalue weighted by Crippen LogP contribution is 2.17. The number of nitrogens with zero attached hydrogens (tertiary/aromatic N) is 2. The van der Waals surface area contributed by atoms with E-state index in [1.165, 1.54) is 5.69 Å². The van der Waals surface area contributed by atoms with Crippen molar-refractivity contribution < 1.29 is 9.53 Å². The standard InChI is InChI=1S/C19H20BrN3O2/c1-14(21-22-19(24)16-2-6-17(20)7-3-16)15-4-8-18(9-5-15)23-10-12-25-13-11-23/h2-9H,10-13H2,1H3,(H,22,24)/b21-14-. The number of halogens is 1. The molecule has 0 bridgehead atoms. The number of carbonyl (C=O) groups is 1. The fourth-order valence-electron chi connectivity index (χ4n) is 2.60. The van der Waals surface area contributed by atoms with Gasteiger partial charge in [-0.25, -0.2) is 5.43 Å². The first-order chi connectivity index (χ1) is 12.1. The smallest absolute Gasteiger partial charge is 0.271 e. The second kappa shape index (κ2) is 8.27. The Morgan fingerprint density at radius 2 is 1.64 bits per heavy atom. The van der Waals surface area contributed by atoms with Gasteiger partial charge in [0.2, 0.25) is 0 Å². The van der Waals surface area contributed by atoms with Gasteiger partial charge in [-0.2, -0.15) is 5.10 Å². The molecule has 3 rings (SSSR count). The molecule has 1 N–H and O–H groups in total. The topological polar surface area (TPSA) is 53.9 Å². The van der Waals surface area contributed by atoms with Crippen LogP contribution in [0.5, 0.6) is 0 Å². The molecule has 0 radical (unpaired) electrons. The number of amides is 1. The molecule has 0 saturated carbocycles. The summed E-state index contributed by atoms with van der Waals surface area (Å²) in [4.78, 5) is 14.4. The van der Waals surface area contributed by atoms with E-state index in [0.717, 1.165) is 42.1 Å². The first kappa shape index (κ1) is 17.6. The number of nitrogens with one attached hydrogen (secondary N) is 1. The van der Waals surface area contributed by atoms with Gasteiger partial charge in [0.25, 0.3) is 5.91 Å². The van der Waals surface area contributed by atoms with Crippen LogP contribution < -0.4 is 10.3 Å². The minimum Gasteiger partial charge on any atom is -0.378 e. The zero-order valence-corrected chi connectivity index (χ0v) is 15.6. The zero-order chi connectivity index (χ0) is 17.6. The Morgan fingerprint density at radius 3 is 2.28 bits per heavy atom. The van der Waals surface area contributed by atoms with Gasteiger partial charge in [-0.05, 0) is 48.9 Å². The lowest BCUT2D eigenvalue weighted by Gasteiger charge is -2.28. The number of carbonyl (C=O) groups excluding carboxylic acids is 1. The van der Waals surface area contributed by atoms with Crippen molar-refractivity contribution in [2.75, 3.05) is 31.2 Å². The van der Waals surface area contributed by atoms with Crippen molar-refractivity contribution in [3.63, 3.8) is 0 Å². The lowest BCUT2D eigenvalue weighted by molar-refractivity contribution is 0.0955. The molecule has 1 heterocycles. The Balaban J connectivity index is 1.63. The maximum Gasteiger partial charge on any atom is 0.271 e. The van der Waals surface area contributed by atoms with Crippen molar-refractivity contribution >= 4 is 33.2 Å². The van der Waals surface area contributed by atoms with Crippen molar-refractivity contribution in [2.45, 2.75) is 6.92 Å². The van der Waals surface area contributed by atoms with Crippen LogP contribution in [0.15, 0.2) is 58.1 Å². The number of ether oxygens (including phenoxy) is 1. The van der Waals surface area contributed by atoms with Gasteiger partial charge in [0.05, 0.1) is 18.9 Å². The summed E-state index contributed by atoms with van der Waals surface area (Å²) in [5, 5.41) is 4.21. The maximum atomic E-state index is 12.1. The molecule has 1 amide bonds. The van der Waals surface area contributed by atoms with Crippen molar-refractivity contribution in [3.05, 3.63) is 64.1 Å². The van der Waals surface area contributed by atoms with Crippen molar-refractivity contribution in [1.82, 2.24) is 5.43 Å². The molecule has 1 aliphatic heterocycles. The van der Waals surface area contributed by atoms with Crippen LogP contribution in [-0.2, 0) is 4.74 Å². The van der Waals surface area contributed by atoms with Gasteiger partial charge in [-0.1, -0.05) is 28.1 Å². The third kappa shape index (κ3) is 4.67. The Hall–Kier alpha value is -2.18. The number of anilines is 1. The van der Waals surface area contributed by atoms with Crippen LogP contribution in [0, 0.1) is 0 Å². The van der Waals surface area contributed by atoms with Crippen molar-refractivity contribution in [1.29, 1.82) is 0 Å². The Morgan fingerprint density at radius 1 is 1.04 bits per heavy atom. The van der Waals surface area contributed by atoms with Gasteiger partial charge in [0.1, 0.15) is 0 Å². The van der Waals surface area contributed by atoms with Crippen LogP contribution in [0.1, 0.15) is 22.8 Å². The van der Waals surface area contributed by atoms with Crippen LogP contribution >= 0.6 is 15.9 Å². The summed E-state index contributed by atoms with van der Waals surface area (Å²) in [7, 11) is 0. The predicted molar refractivity (Wildman–Crippen MR) is 103 cm³/mol. The van der Waals surface area contributed by atoms with E-state index < -0.39 is 0 Å². The maximum absolute atomic E-state index is 12.1. The minimum absolute atomic E-state index is 0.225. The third-order valence-electron chi connectivity index (χ3n) is 4.09. The van der Waals surface area contributed by atoms with Gasteiger partial charge < -0.3 is 9.64 Å². The minimum atomic E-state index is -0.225. The number of hydrazone groups is 1. The first-order valence-electron chi connectivity index (χ1n) is 8.17. The van der Waals surface area contributed by atoms with Crippen molar-refractivity contribution in [2.24, 2.45) is 5.10 Å². The fourth-order valence-corrected chi connectivity index (χ4v) is 2.86. The predicted octanol–water partition coefficient (Wildman–Crippen LogP) is 3.44. The van der Waals surface area contributed by atoms with Crippen molar-refractivity contribution in [3.8, 4) is 0 Å². The lowest BCUT2D eigenvalue weighted by atomic mass is 10.1. The molecule has 2 aromatic rings. The van der Waals surface area contributed by atoms with Gasteiger partial charge in [-0.3, -0.25) is 4.79 Å². The van der Waals surface area contributed by atoms with Gasteiger partial charge in [-0.15, -0.1) is 0 Å². The normalized spacial score (nSPS) is 15.1. The highest BCUT2D eigenvalue weighted by atomic mass is 79.9. The second-order valence-corrected chi connectivity index (χ2v) is 6.71. The van der Waals surface area contributed by atoms with E-state index in [4.69, 9.17) is 4.74 Å². The average Bonchev–Trinajstić information content (AvgIpc) is 2.67. The second-order valence-electron chi connectivity index (χ2n) is 5.79. The number of hydrogen-bond donors (Lipinski definition) is 1. The molecule has 6 heteroatoms. The molecule has 0 spiro atoms. The Bertz CT molecular complexity index is 751. The third-order valence-corrected chi connectivity index (χ3v) is 4.62. The fraction of sp³-hybridized carbons (Fsp3) is 0.263. The van der Waals surface area contributed by atoms with E-state index >= 15 is 0 Å². The number of benzene rings is 2. The molecule has 5 nitrogen and oxygen atoms in total. The summed E-state index contributed by atoms with van der Waals surface area (Å²) < 4.78 is 6.31. The van der Waals surface area contributed by atoms with E-state index in [-0.39, 0.29) is 5.91 Å². The van der Waals surface area contributed by atoms with Crippen LogP contribution in [0.3, 0.4) is 0 Å². The van der Waals surface area contributed by atoms with E-state index in [1.54, 1.807) is 12.1 Å². The summed E-state index contributed by atoms with van der Waals surface area (Å²) in [6.07, 6.45) is 0. The van der Waals surface area contributed by atoms with E-state index in [0.29, 0.717) is 5.56 Å². The molecule has 1 fully saturated rings. The highest BCUT2D eigenvalue weighted by molar-refractivity contribution is 9.10. The summed E-state index contributed by atoms with van der Waals surface area (Å²) >= 11 is 3.35. The Kier molecular flexibility index (Phi) is 5.83. The molecule has 0 aliphatic carbocycles. The summed E-state index contributed by atoms with van der Waals surface area (Å²) in [5.74, 6) is -0.225. The summed E-state index contributed by atoms with van der Waals surface area (Å²) in [6.45, 7) is 5.24. The number of hydrogen-bond acceptors (Lipinski definition) is 4. The first-order valence-corrected chi connectivity index (χ1v) is 8.96. The number of rotatable bonds is 4. The molecule has 0 aromatic heterocycles. The molecule has 25 heavy (non-hydrogen) atoms. The largest absolute Gasteiger partial charge is 0.378 e. The quantitative estimate of drug-likeness (QED) is 0.630. The summed E-state index contributed by atoms with van der Waals surface area (Å²) in [5.41, 5.74) is 6.10. The van der Waals surface area contributed by atoms with E-state index in [1.807, 2.05) is 31.2 Å². The molecular weight excluding hydrogens is 382 g/mol. The molecule has 0 atom stereocenters. The van der Waals surface area contributed by atoms with Gasteiger partial charge >= 0.3 is 0 Å². The number of morpholine rings is 1. The average molecular weight is 402 g/mol. The summed E-state index contributed by atoms with van der Waals surface area (Å²) in [6, 6.07) is 15.4. The zero-order valence-electron chi connectivity index (χ0n) is 14.0. The van der Waals surface area contributed by atoms with E-state index in [9.17, 15) is 4.79 Å². The van der Waals surface area contributed by atoms with Crippen LogP contribution in [0.4, 0.5) is 5.69 Å². The SMILES string of the molecule is C/C(=N/NC(=O)c1ccc(Br)cc1)c1ccc(N2CCOCC2)cc1. The Labute approximate surface area is 155 Å². The molecule has 130 valence electrons. The highest BCUT2D eigenvalue weighted by Gasteiger charge is 2.11. The molecule has 0 unspecified atom stereocenters. The monoisotopic (exact) mass is 401 g/mol. The van der Waals surface area contributed by atoms with E-state index in [2.05, 4.69) is 43.5 Å². The molecule has 1 saturated heterocycles. The molecule has 1 aliphatic rings. The molecular formula is C19H20BrN3O2. The van der Waals surface area contributed by atoms with Crippen LogP contribution in [-0.4, -0.2) is 37.9 Å². The molecule has 2 aromatic carbocycles. The lowest BCUT2D eigenvalue weighted by Crippen LogP contribution is -2.36.